The van der Waals surface area contributed by atoms with Gasteiger partial charge in [-0.1, -0.05) is 28.1 Å². The number of thiocarbonyl (C=S) groups is 1. The van der Waals surface area contributed by atoms with Crippen LogP contribution in [0.15, 0.2) is 46.9 Å². The molecule has 0 saturated heterocycles. The maximum Gasteiger partial charge on any atom is 0.175 e. The summed E-state index contributed by atoms with van der Waals surface area (Å²) in [6, 6.07) is 13.2. The molecule has 0 aliphatic heterocycles. The Morgan fingerprint density at radius 1 is 1.14 bits per heavy atom. The molecular formula is C16H15BrN2OS. The van der Waals surface area contributed by atoms with Crippen molar-refractivity contribution in [2.45, 2.75) is 13.8 Å². The molecule has 108 valence electrons. The van der Waals surface area contributed by atoms with Crippen LogP contribution in [0, 0.1) is 6.92 Å². The van der Waals surface area contributed by atoms with Gasteiger partial charge in [-0.05, 0) is 62.0 Å². The maximum atomic E-state index is 11.4. The second-order valence-electron chi connectivity index (χ2n) is 4.68. The first-order valence-electron chi connectivity index (χ1n) is 6.41. The zero-order valence-electron chi connectivity index (χ0n) is 11.7. The van der Waals surface area contributed by atoms with Crippen molar-refractivity contribution in [2.24, 2.45) is 0 Å². The number of aryl methyl sites for hydroxylation is 1. The standard InChI is InChI=1S/C16H15BrN2OS/c1-10-8-13(17)6-7-15(10)19-16(21)18-14-5-3-4-12(9-14)11(2)20/h3-9H,1-2H3,(H2,18,19,21). The van der Waals surface area contributed by atoms with Crippen LogP contribution in [0.5, 0.6) is 0 Å². The first kappa shape index (κ1) is 15.7. The molecule has 3 nitrogen and oxygen atoms in total. The van der Waals surface area contributed by atoms with E-state index >= 15 is 0 Å². The second-order valence-corrected chi connectivity index (χ2v) is 6.00. The topological polar surface area (TPSA) is 41.1 Å². The number of hydrogen-bond donors (Lipinski definition) is 2. The SMILES string of the molecule is CC(=O)c1cccc(NC(=S)Nc2ccc(Br)cc2C)c1. The molecule has 0 radical (unpaired) electrons. The summed E-state index contributed by atoms with van der Waals surface area (Å²) in [5.74, 6) is 0.0290. The van der Waals surface area contributed by atoms with E-state index in [-0.39, 0.29) is 5.78 Å². The number of Topliss-reactive ketones (excluding diaryl/α,β-unsaturated/α-hetero) is 1. The van der Waals surface area contributed by atoms with Crippen LogP contribution in [0.25, 0.3) is 0 Å². The number of carbonyl (C=O) groups is 1. The molecule has 0 aromatic heterocycles. The molecule has 0 fully saturated rings. The lowest BCUT2D eigenvalue weighted by Crippen LogP contribution is -2.19. The predicted octanol–water partition coefficient (Wildman–Crippen LogP) is 4.77. The summed E-state index contributed by atoms with van der Waals surface area (Å²) in [5, 5.41) is 6.72. The van der Waals surface area contributed by atoms with Crippen LogP contribution in [-0.4, -0.2) is 10.9 Å². The summed E-state index contributed by atoms with van der Waals surface area (Å²) in [4.78, 5) is 11.4. The van der Waals surface area contributed by atoms with Gasteiger partial charge in [-0.15, -0.1) is 0 Å². The molecule has 0 atom stereocenters. The minimum atomic E-state index is 0.0290. The van der Waals surface area contributed by atoms with E-state index in [1.165, 1.54) is 0 Å². The highest BCUT2D eigenvalue weighted by Gasteiger charge is 2.04. The zero-order valence-corrected chi connectivity index (χ0v) is 14.1. The van der Waals surface area contributed by atoms with E-state index in [2.05, 4.69) is 26.6 Å². The third kappa shape index (κ3) is 4.37. The summed E-state index contributed by atoms with van der Waals surface area (Å²) < 4.78 is 1.03. The van der Waals surface area contributed by atoms with Gasteiger partial charge in [-0.3, -0.25) is 4.79 Å². The Kier molecular flexibility index (Phi) is 5.09. The third-order valence-electron chi connectivity index (χ3n) is 2.96. The summed E-state index contributed by atoms with van der Waals surface area (Å²) >= 11 is 8.73. The van der Waals surface area contributed by atoms with Crippen LogP contribution in [0.1, 0.15) is 22.8 Å². The Morgan fingerprint density at radius 2 is 1.90 bits per heavy atom. The molecule has 5 heteroatoms. The number of ketones is 1. The van der Waals surface area contributed by atoms with Gasteiger partial charge >= 0.3 is 0 Å². The molecule has 0 amide bonds. The molecule has 2 aromatic rings. The van der Waals surface area contributed by atoms with Crippen molar-refractivity contribution in [1.29, 1.82) is 0 Å². The highest BCUT2D eigenvalue weighted by atomic mass is 79.9. The van der Waals surface area contributed by atoms with E-state index in [4.69, 9.17) is 12.2 Å². The lowest BCUT2D eigenvalue weighted by molar-refractivity contribution is 0.101. The van der Waals surface area contributed by atoms with Gasteiger partial charge in [-0.2, -0.15) is 0 Å². The van der Waals surface area contributed by atoms with Gasteiger partial charge in [0.05, 0.1) is 0 Å². The van der Waals surface area contributed by atoms with Crippen molar-refractivity contribution in [3.8, 4) is 0 Å². The highest BCUT2D eigenvalue weighted by Crippen LogP contribution is 2.20. The van der Waals surface area contributed by atoms with Crippen LogP contribution < -0.4 is 10.6 Å². The fraction of sp³-hybridized carbons (Fsp3) is 0.125. The lowest BCUT2D eigenvalue weighted by atomic mass is 10.1. The molecule has 2 rings (SSSR count). The Bertz CT molecular complexity index is 700. The normalized spacial score (nSPS) is 10.0. The fourth-order valence-electron chi connectivity index (χ4n) is 1.87. The molecule has 0 heterocycles. The van der Waals surface area contributed by atoms with Crippen molar-refractivity contribution in [1.82, 2.24) is 0 Å². The Morgan fingerprint density at radius 3 is 2.57 bits per heavy atom. The smallest absolute Gasteiger partial charge is 0.175 e. The molecule has 0 aliphatic carbocycles. The number of hydrogen-bond acceptors (Lipinski definition) is 2. The van der Waals surface area contributed by atoms with Gasteiger partial charge in [0.15, 0.2) is 10.9 Å². The quantitative estimate of drug-likeness (QED) is 0.609. The molecular weight excluding hydrogens is 348 g/mol. The van der Waals surface area contributed by atoms with Crippen molar-refractivity contribution in [3.05, 3.63) is 58.1 Å². The minimum Gasteiger partial charge on any atom is -0.332 e. The van der Waals surface area contributed by atoms with Gasteiger partial charge in [0.1, 0.15) is 0 Å². The van der Waals surface area contributed by atoms with E-state index in [0.29, 0.717) is 10.7 Å². The fourth-order valence-corrected chi connectivity index (χ4v) is 2.57. The Hall–Kier alpha value is -1.72. The number of benzene rings is 2. The van der Waals surface area contributed by atoms with Crippen molar-refractivity contribution >= 4 is 50.4 Å². The maximum absolute atomic E-state index is 11.4. The number of carbonyl (C=O) groups excluding carboxylic acids is 1. The lowest BCUT2D eigenvalue weighted by Gasteiger charge is -2.13. The molecule has 0 saturated carbocycles. The Balaban J connectivity index is 2.08. The monoisotopic (exact) mass is 362 g/mol. The molecule has 2 N–H and O–H groups in total. The average Bonchev–Trinajstić information content (AvgIpc) is 2.42. The van der Waals surface area contributed by atoms with Gasteiger partial charge in [-0.25, -0.2) is 0 Å². The van der Waals surface area contributed by atoms with Crippen LogP contribution in [0.4, 0.5) is 11.4 Å². The number of rotatable bonds is 3. The predicted molar refractivity (Wildman–Crippen MR) is 95.2 cm³/mol. The molecule has 2 aromatic carbocycles. The number of nitrogens with one attached hydrogen (secondary N) is 2. The summed E-state index contributed by atoms with van der Waals surface area (Å²) in [7, 11) is 0. The van der Waals surface area contributed by atoms with Crippen molar-refractivity contribution < 1.29 is 4.79 Å². The zero-order chi connectivity index (χ0) is 15.4. The van der Waals surface area contributed by atoms with Gasteiger partial charge in [0.25, 0.3) is 0 Å². The number of halogens is 1. The van der Waals surface area contributed by atoms with Crippen LogP contribution in [0.2, 0.25) is 0 Å². The first-order chi connectivity index (χ1) is 9.95. The minimum absolute atomic E-state index is 0.0290. The molecule has 0 spiro atoms. The van der Waals surface area contributed by atoms with Gasteiger partial charge in [0.2, 0.25) is 0 Å². The van der Waals surface area contributed by atoms with Crippen molar-refractivity contribution in [3.63, 3.8) is 0 Å². The summed E-state index contributed by atoms with van der Waals surface area (Å²) in [6.07, 6.45) is 0. The van der Waals surface area contributed by atoms with Gasteiger partial charge in [0, 0.05) is 21.4 Å². The molecule has 21 heavy (non-hydrogen) atoms. The van der Waals surface area contributed by atoms with E-state index < -0.39 is 0 Å². The van der Waals surface area contributed by atoms with Crippen LogP contribution in [-0.2, 0) is 0 Å². The van der Waals surface area contributed by atoms with Crippen molar-refractivity contribution in [2.75, 3.05) is 10.6 Å². The molecule has 0 bridgehead atoms. The van der Waals surface area contributed by atoms with Gasteiger partial charge < -0.3 is 10.6 Å². The molecule has 0 unspecified atom stereocenters. The number of anilines is 2. The van der Waals surface area contributed by atoms with E-state index in [1.54, 1.807) is 19.1 Å². The van der Waals surface area contributed by atoms with E-state index in [1.807, 2.05) is 37.3 Å². The molecule has 0 aliphatic rings. The summed E-state index contributed by atoms with van der Waals surface area (Å²) in [5.41, 5.74) is 3.47. The average molecular weight is 363 g/mol. The second kappa shape index (κ2) is 6.83. The van der Waals surface area contributed by atoms with Crippen LogP contribution in [0.3, 0.4) is 0 Å². The summed E-state index contributed by atoms with van der Waals surface area (Å²) in [6.45, 7) is 3.55. The van der Waals surface area contributed by atoms with Crippen LogP contribution >= 0.6 is 28.1 Å². The van der Waals surface area contributed by atoms with E-state index in [9.17, 15) is 4.79 Å². The van der Waals surface area contributed by atoms with E-state index in [0.717, 1.165) is 21.4 Å². The third-order valence-corrected chi connectivity index (χ3v) is 3.66. The first-order valence-corrected chi connectivity index (χ1v) is 7.61. The highest BCUT2D eigenvalue weighted by molar-refractivity contribution is 9.10. The largest absolute Gasteiger partial charge is 0.332 e. The Labute approximate surface area is 137 Å².